The van der Waals surface area contributed by atoms with Gasteiger partial charge in [0.05, 0.1) is 11.0 Å². The van der Waals surface area contributed by atoms with Gasteiger partial charge in [-0.25, -0.2) is 0 Å². The second kappa shape index (κ2) is 4.20. The Balaban J connectivity index is 1.94. The molecule has 2 N–H and O–H groups in total. The maximum absolute atomic E-state index is 11.7. The lowest BCUT2D eigenvalue weighted by atomic mass is 9.88. The van der Waals surface area contributed by atoms with E-state index in [1.165, 1.54) is 13.1 Å². The summed E-state index contributed by atoms with van der Waals surface area (Å²) in [6.45, 7) is 1.81. The first-order valence-corrected chi connectivity index (χ1v) is 6.12. The Hall–Kier alpha value is -2.15. The van der Waals surface area contributed by atoms with Crippen LogP contribution in [0.3, 0.4) is 0 Å². The molecule has 2 aliphatic rings. The highest BCUT2D eigenvalue weighted by Crippen LogP contribution is 2.33. The van der Waals surface area contributed by atoms with Crippen molar-refractivity contribution in [1.82, 2.24) is 10.6 Å². The van der Waals surface area contributed by atoms with Gasteiger partial charge in [0, 0.05) is 37.9 Å². The predicted molar refractivity (Wildman–Crippen MR) is 69.4 cm³/mol. The molecule has 100 valence electrons. The Morgan fingerprint density at radius 3 is 2.84 bits per heavy atom. The first kappa shape index (κ1) is 11.9. The summed E-state index contributed by atoms with van der Waals surface area (Å²) in [6, 6.07) is 5.70. The largest absolute Gasteiger partial charge is 0.364 e. The van der Waals surface area contributed by atoms with Crippen molar-refractivity contribution in [3.05, 3.63) is 33.9 Å². The fourth-order valence-corrected chi connectivity index (χ4v) is 2.59. The van der Waals surface area contributed by atoms with E-state index in [1.807, 2.05) is 0 Å². The van der Waals surface area contributed by atoms with Crippen LogP contribution in [0.15, 0.2) is 18.2 Å². The van der Waals surface area contributed by atoms with Gasteiger partial charge in [0.15, 0.2) is 0 Å². The van der Waals surface area contributed by atoms with Crippen LogP contribution in [0.25, 0.3) is 0 Å². The molecule has 1 aromatic carbocycles. The summed E-state index contributed by atoms with van der Waals surface area (Å²) in [5.41, 5.74) is 0.819. The number of nitro groups is 1. The zero-order valence-electron chi connectivity index (χ0n) is 10.4. The Labute approximate surface area is 109 Å². The molecule has 0 aromatic heterocycles. The Morgan fingerprint density at radius 2 is 2.37 bits per heavy atom. The van der Waals surface area contributed by atoms with E-state index in [1.54, 1.807) is 12.1 Å². The fourth-order valence-electron chi connectivity index (χ4n) is 2.59. The highest BCUT2D eigenvalue weighted by Gasteiger charge is 2.45. The third kappa shape index (κ3) is 1.74. The molecule has 2 heterocycles. The molecule has 0 saturated carbocycles. The fraction of sp³-hybridized carbons (Fsp3) is 0.417. The molecule has 0 spiro atoms. The van der Waals surface area contributed by atoms with Crippen molar-refractivity contribution in [3.63, 3.8) is 0 Å². The van der Waals surface area contributed by atoms with Crippen molar-refractivity contribution in [2.24, 2.45) is 0 Å². The summed E-state index contributed by atoms with van der Waals surface area (Å²) < 4.78 is 0. The zero-order valence-corrected chi connectivity index (χ0v) is 10.4. The van der Waals surface area contributed by atoms with E-state index >= 15 is 0 Å². The van der Waals surface area contributed by atoms with E-state index in [0.29, 0.717) is 12.1 Å². The topological polar surface area (TPSA) is 87.5 Å². The molecule has 2 atom stereocenters. The van der Waals surface area contributed by atoms with Crippen LogP contribution in [0.2, 0.25) is 0 Å². The van der Waals surface area contributed by atoms with Gasteiger partial charge in [0.2, 0.25) is 0 Å². The molecule has 0 aliphatic carbocycles. The lowest BCUT2D eigenvalue weighted by molar-refractivity contribution is -0.385. The standard InChI is InChI=1S/C12H14N4O3/c1-13-12(17)8-4-7(2-3-10(8)16(18)19)15-6-9-11(15)5-14-9/h2-4,9,11,14H,5-6H2,1H3,(H,13,17)/t9-,11?/m1/s1. The van der Waals surface area contributed by atoms with Gasteiger partial charge >= 0.3 is 0 Å². The minimum Gasteiger partial charge on any atom is -0.364 e. The summed E-state index contributed by atoms with van der Waals surface area (Å²) in [5, 5.41) is 16.7. The van der Waals surface area contributed by atoms with E-state index in [2.05, 4.69) is 15.5 Å². The molecule has 19 heavy (non-hydrogen) atoms. The van der Waals surface area contributed by atoms with Gasteiger partial charge in [-0.1, -0.05) is 0 Å². The number of rotatable bonds is 3. The van der Waals surface area contributed by atoms with Crippen LogP contribution in [0.4, 0.5) is 11.4 Å². The van der Waals surface area contributed by atoms with Crippen LogP contribution >= 0.6 is 0 Å². The molecule has 1 amide bonds. The third-order valence-corrected chi connectivity index (χ3v) is 3.83. The molecule has 7 heteroatoms. The summed E-state index contributed by atoms with van der Waals surface area (Å²) >= 11 is 0. The zero-order chi connectivity index (χ0) is 13.6. The SMILES string of the molecule is CNC(=O)c1cc(N2C[C@H]3NCC32)ccc1[N+](=O)[O-]. The van der Waals surface area contributed by atoms with E-state index in [4.69, 9.17) is 0 Å². The second-order valence-corrected chi connectivity index (χ2v) is 4.77. The second-order valence-electron chi connectivity index (χ2n) is 4.77. The van der Waals surface area contributed by atoms with Gasteiger partial charge in [-0.05, 0) is 12.1 Å². The number of hydrogen-bond donors (Lipinski definition) is 2. The smallest absolute Gasteiger partial charge is 0.282 e. The number of fused-ring (bicyclic) bond motifs is 1. The van der Waals surface area contributed by atoms with Crippen LogP contribution in [0, 0.1) is 10.1 Å². The Morgan fingerprint density at radius 1 is 1.58 bits per heavy atom. The highest BCUT2D eigenvalue weighted by molar-refractivity contribution is 5.99. The minimum absolute atomic E-state index is 0.112. The van der Waals surface area contributed by atoms with E-state index in [0.717, 1.165) is 18.8 Å². The van der Waals surface area contributed by atoms with Crippen molar-refractivity contribution in [2.75, 3.05) is 25.0 Å². The van der Waals surface area contributed by atoms with Crippen LogP contribution in [-0.4, -0.2) is 43.1 Å². The number of nitrogens with zero attached hydrogens (tertiary/aromatic N) is 2. The van der Waals surface area contributed by atoms with E-state index < -0.39 is 10.8 Å². The van der Waals surface area contributed by atoms with Crippen molar-refractivity contribution in [3.8, 4) is 0 Å². The van der Waals surface area contributed by atoms with Crippen LogP contribution in [0.1, 0.15) is 10.4 Å². The average molecular weight is 262 g/mol. The first-order chi connectivity index (χ1) is 9.11. The average Bonchev–Trinajstić information content (AvgIpc) is 2.40. The summed E-state index contributed by atoms with van der Waals surface area (Å²) in [5.74, 6) is -0.433. The molecule has 2 fully saturated rings. The number of nitro benzene ring substituents is 1. The molecule has 0 radical (unpaired) electrons. The monoisotopic (exact) mass is 262 g/mol. The van der Waals surface area contributed by atoms with Gasteiger partial charge in [-0.3, -0.25) is 14.9 Å². The first-order valence-electron chi connectivity index (χ1n) is 6.12. The Bertz CT molecular complexity index is 560. The van der Waals surface area contributed by atoms with Crippen molar-refractivity contribution in [1.29, 1.82) is 0 Å². The van der Waals surface area contributed by atoms with Gasteiger partial charge in [0.25, 0.3) is 11.6 Å². The number of amides is 1. The molecular weight excluding hydrogens is 248 g/mol. The number of anilines is 1. The molecule has 1 unspecified atom stereocenters. The lowest BCUT2D eigenvalue weighted by Crippen LogP contribution is -2.78. The summed E-state index contributed by atoms with van der Waals surface area (Å²) in [4.78, 5) is 24.3. The van der Waals surface area contributed by atoms with Gasteiger partial charge < -0.3 is 15.5 Å². The summed E-state index contributed by atoms with van der Waals surface area (Å²) in [7, 11) is 1.47. The number of nitrogens with one attached hydrogen (secondary N) is 2. The number of piperazine rings is 1. The van der Waals surface area contributed by atoms with E-state index in [9.17, 15) is 14.9 Å². The third-order valence-electron chi connectivity index (χ3n) is 3.83. The van der Waals surface area contributed by atoms with Crippen molar-refractivity contribution < 1.29 is 9.72 Å². The molecule has 1 aromatic rings. The maximum Gasteiger partial charge on any atom is 0.282 e. The highest BCUT2D eigenvalue weighted by atomic mass is 16.6. The normalized spacial score (nSPS) is 23.9. The maximum atomic E-state index is 11.7. The predicted octanol–water partition coefficient (Wildman–Crippen LogP) is 0.115. The number of carbonyl (C=O) groups is 1. The molecule has 7 nitrogen and oxygen atoms in total. The van der Waals surface area contributed by atoms with Crippen LogP contribution < -0.4 is 15.5 Å². The molecule has 2 aliphatic heterocycles. The van der Waals surface area contributed by atoms with Crippen molar-refractivity contribution >= 4 is 17.3 Å². The molecule has 3 rings (SSSR count). The summed E-state index contributed by atoms with van der Waals surface area (Å²) in [6.07, 6.45) is 0. The van der Waals surface area contributed by atoms with Gasteiger partial charge in [-0.2, -0.15) is 0 Å². The van der Waals surface area contributed by atoms with Crippen LogP contribution in [0.5, 0.6) is 0 Å². The van der Waals surface area contributed by atoms with Crippen LogP contribution in [-0.2, 0) is 0 Å². The Kier molecular flexibility index (Phi) is 2.63. The molecular formula is C12H14N4O3. The minimum atomic E-state index is -0.530. The lowest BCUT2D eigenvalue weighted by Gasteiger charge is -2.57. The van der Waals surface area contributed by atoms with E-state index in [-0.39, 0.29) is 11.3 Å². The number of benzene rings is 1. The van der Waals surface area contributed by atoms with Crippen molar-refractivity contribution in [2.45, 2.75) is 12.1 Å². The quantitative estimate of drug-likeness (QED) is 0.596. The molecule has 0 bridgehead atoms. The van der Waals surface area contributed by atoms with Gasteiger partial charge in [0.1, 0.15) is 5.56 Å². The molecule has 2 saturated heterocycles. The van der Waals surface area contributed by atoms with Gasteiger partial charge in [-0.15, -0.1) is 0 Å². The number of carbonyl (C=O) groups excluding carboxylic acids is 1. The number of hydrogen-bond acceptors (Lipinski definition) is 5.